The number of hydrogen-bond donors (Lipinski definition) is 3. The fourth-order valence-electron chi connectivity index (χ4n) is 1.64. The van der Waals surface area contributed by atoms with Crippen molar-refractivity contribution < 1.29 is 18.9 Å². The minimum atomic E-state index is -0.576. The zero-order chi connectivity index (χ0) is 15.4. The number of nitrogens with one attached hydrogen (secondary N) is 1. The Balaban J connectivity index is 2.05. The Morgan fingerprint density at radius 1 is 1.52 bits per heavy atom. The van der Waals surface area contributed by atoms with Crippen molar-refractivity contribution in [2.75, 3.05) is 0 Å². The average molecular weight is 292 g/mol. The van der Waals surface area contributed by atoms with Gasteiger partial charge in [0.2, 0.25) is 5.76 Å². The number of aryl methyl sites for hydroxylation is 1. The molecule has 0 saturated heterocycles. The van der Waals surface area contributed by atoms with Crippen molar-refractivity contribution in [3.05, 3.63) is 52.7 Å². The smallest absolute Gasteiger partial charge is 0.290 e. The van der Waals surface area contributed by atoms with Gasteiger partial charge in [0.25, 0.3) is 5.91 Å². The Kier molecular flexibility index (Phi) is 4.17. The molecular formula is C13H13FN4O3. The summed E-state index contributed by atoms with van der Waals surface area (Å²) >= 11 is 0. The van der Waals surface area contributed by atoms with Crippen molar-refractivity contribution in [1.29, 1.82) is 0 Å². The fraction of sp³-hybridized carbons (Fsp3) is 0.154. The van der Waals surface area contributed by atoms with Gasteiger partial charge < -0.3 is 20.8 Å². The van der Waals surface area contributed by atoms with Crippen molar-refractivity contribution >= 4 is 11.7 Å². The molecular weight excluding hydrogens is 279 g/mol. The third-order valence-corrected chi connectivity index (χ3v) is 2.75. The summed E-state index contributed by atoms with van der Waals surface area (Å²) in [5.74, 6) is -1.20. The summed E-state index contributed by atoms with van der Waals surface area (Å²) in [6.45, 7) is 1.66. The summed E-state index contributed by atoms with van der Waals surface area (Å²) in [7, 11) is 0. The molecule has 0 spiro atoms. The first-order valence-corrected chi connectivity index (χ1v) is 5.99. The van der Waals surface area contributed by atoms with Crippen LogP contribution in [0.5, 0.6) is 0 Å². The van der Waals surface area contributed by atoms with E-state index in [1.54, 1.807) is 6.92 Å². The number of rotatable bonds is 4. The number of hydrogen-bond acceptors (Lipinski definition) is 5. The largest absolute Gasteiger partial charge is 0.409 e. The second-order valence-electron chi connectivity index (χ2n) is 4.31. The molecule has 4 N–H and O–H groups in total. The Morgan fingerprint density at radius 2 is 2.29 bits per heavy atom. The van der Waals surface area contributed by atoms with E-state index >= 15 is 0 Å². The molecule has 0 aliphatic rings. The zero-order valence-electron chi connectivity index (χ0n) is 11.1. The normalized spacial score (nSPS) is 11.4. The molecule has 1 aromatic carbocycles. The Morgan fingerprint density at radius 3 is 2.86 bits per heavy atom. The number of halogens is 1. The molecule has 21 heavy (non-hydrogen) atoms. The molecule has 1 heterocycles. The van der Waals surface area contributed by atoms with Gasteiger partial charge in [0, 0.05) is 23.7 Å². The molecule has 2 aromatic rings. The maximum absolute atomic E-state index is 13.8. The van der Waals surface area contributed by atoms with E-state index < -0.39 is 11.7 Å². The number of oxime groups is 1. The lowest BCUT2D eigenvalue weighted by Crippen LogP contribution is -2.23. The first-order chi connectivity index (χ1) is 10.0. The van der Waals surface area contributed by atoms with Crippen LogP contribution in [-0.2, 0) is 6.54 Å². The summed E-state index contributed by atoms with van der Waals surface area (Å²) in [4.78, 5) is 11.7. The molecule has 1 amide bonds. The van der Waals surface area contributed by atoms with Crippen LogP contribution in [0.2, 0.25) is 0 Å². The number of amides is 1. The highest BCUT2D eigenvalue weighted by molar-refractivity contribution is 5.97. The number of aromatic nitrogens is 1. The lowest BCUT2D eigenvalue weighted by Gasteiger charge is -2.06. The maximum Gasteiger partial charge on any atom is 0.290 e. The second kappa shape index (κ2) is 6.04. The molecule has 0 atom stereocenters. The monoisotopic (exact) mass is 292 g/mol. The lowest BCUT2D eigenvalue weighted by molar-refractivity contribution is 0.0913. The van der Waals surface area contributed by atoms with Crippen LogP contribution in [0.15, 0.2) is 33.9 Å². The molecule has 0 bridgehead atoms. The molecule has 110 valence electrons. The van der Waals surface area contributed by atoms with E-state index in [2.05, 4.69) is 15.6 Å². The number of carbonyl (C=O) groups is 1. The van der Waals surface area contributed by atoms with E-state index in [1.807, 2.05) is 0 Å². The summed E-state index contributed by atoms with van der Waals surface area (Å²) in [5.41, 5.74) is 6.44. The summed E-state index contributed by atoms with van der Waals surface area (Å²) in [5, 5.41) is 17.4. The lowest BCUT2D eigenvalue weighted by atomic mass is 10.1. The Bertz CT molecular complexity index is 696. The summed E-state index contributed by atoms with van der Waals surface area (Å²) < 4.78 is 18.6. The number of nitrogens with zero attached hydrogens (tertiary/aromatic N) is 2. The molecule has 7 nitrogen and oxygen atoms in total. The molecule has 1 aromatic heterocycles. The van der Waals surface area contributed by atoms with Crippen molar-refractivity contribution in [2.45, 2.75) is 13.5 Å². The van der Waals surface area contributed by atoms with Crippen LogP contribution in [-0.4, -0.2) is 22.1 Å². The van der Waals surface area contributed by atoms with Crippen LogP contribution in [0.1, 0.15) is 27.4 Å². The molecule has 0 fully saturated rings. The third-order valence-electron chi connectivity index (χ3n) is 2.75. The summed E-state index contributed by atoms with van der Waals surface area (Å²) in [6.07, 6.45) is 0. The van der Waals surface area contributed by atoms with E-state index in [1.165, 1.54) is 18.2 Å². The van der Waals surface area contributed by atoms with Gasteiger partial charge in [-0.3, -0.25) is 4.79 Å². The maximum atomic E-state index is 13.8. The highest BCUT2D eigenvalue weighted by Gasteiger charge is 2.12. The van der Waals surface area contributed by atoms with Crippen LogP contribution in [0.25, 0.3) is 0 Å². The Hall–Kier alpha value is -2.90. The van der Waals surface area contributed by atoms with Gasteiger partial charge in [-0.1, -0.05) is 22.4 Å². The van der Waals surface area contributed by atoms with E-state index in [-0.39, 0.29) is 29.3 Å². The van der Waals surface area contributed by atoms with Gasteiger partial charge in [0.1, 0.15) is 5.82 Å². The molecule has 0 aliphatic carbocycles. The van der Waals surface area contributed by atoms with Gasteiger partial charge in [-0.2, -0.15) is 0 Å². The fourth-order valence-corrected chi connectivity index (χ4v) is 1.64. The average Bonchev–Trinajstić information content (AvgIpc) is 2.91. The van der Waals surface area contributed by atoms with Crippen molar-refractivity contribution in [3.8, 4) is 0 Å². The predicted molar refractivity (Wildman–Crippen MR) is 71.3 cm³/mol. The molecule has 2 rings (SSSR count). The van der Waals surface area contributed by atoms with Crippen LogP contribution in [0.3, 0.4) is 0 Å². The topological polar surface area (TPSA) is 114 Å². The zero-order valence-corrected chi connectivity index (χ0v) is 11.1. The van der Waals surface area contributed by atoms with Crippen molar-refractivity contribution in [3.63, 3.8) is 0 Å². The highest BCUT2D eigenvalue weighted by Crippen LogP contribution is 2.11. The van der Waals surface area contributed by atoms with Crippen LogP contribution in [0, 0.1) is 12.7 Å². The molecule has 0 saturated carbocycles. The first-order valence-electron chi connectivity index (χ1n) is 5.99. The van der Waals surface area contributed by atoms with Crippen LogP contribution < -0.4 is 11.1 Å². The Labute approximate surface area is 119 Å². The predicted octanol–water partition coefficient (Wildman–Crippen LogP) is 1.15. The quantitative estimate of drug-likeness (QED) is 0.338. The second-order valence-corrected chi connectivity index (χ2v) is 4.31. The molecule has 0 radical (unpaired) electrons. The van der Waals surface area contributed by atoms with E-state index in [0.29, 0.717) is 5.69 Å². The van der Waals surface area contributed by atoms with Gasteiger partial charge in [0.15, 0.2) is 5.84 Å². The number of carbonyl (C=O) groups excluding carboxylic acids is 1. The van der Waals surface area contributed by atoms with E-state index in [0.717, 1.165) is 6.07 Å². The van der Waals surface area contributed by atoms with E-state index in [4.69, 9.17) is 15.5 Å². The van der Waals surface area contributed by atoms with Gasteiger partial charge in [-0.15, -0.1) is 0 Å². The van der Waals surface area contributed by atoms with Gasteiger partial charge >= 0.3 is 0 Å². The number of benzene rings is 1. The number of nitrogens with two attached hydrogens (primary N) is 1. The SMILES string of the molecule is Cc1cc(C(=O)NCc2ccc(C(N)=NO)cc2F)on1. The number of amidine groups is 1. The van der Waals surface area contributed by atoms with E-state index in [9.17, 15) is 9.18 Å². The minimum absolute atomic E-state index is 0.0269. The van der Waals surface area contributed by atoms with Gasteiger partial charge in [-0.05, 0) is 13.0 Å². The minimum Gasteiger partial charge on any atom is -0.409 e. The standard InChI is InChI=1S/C13H13FN4O3/c1-7-4-11(21-18-7)13(19)16-6-9-3-2-8(5-10(9)14)12(15)17-20/h2-5,20H,6H2,1H3,(H2,15,17)(H,16,19). The van der Waals surface area contributed by atoms with Crippen LogP contribution >= 0.6 is 0 Å². The highest BCUT2D eigenvalue weighted by atomic mass is 19.1. The van der Waals surface area contributed by atoms with Crippen molar-refractivity contribution in [1.82, 2.24) is 10.5 Å². The molecule has 8 heteroatoms. The van der Waals surface area contributed by atoms with Crippen molar-refractivity contribution in [2.24, 2.45) is 10.9 Å². The van der Waals surface area contributed by atoms with Gasteiger partial charge in [-0.25, -0.2) is 4.39 Å². The summed E-state index contributed by atoms with van der Waals surface area (Å²) in [6, 6.07) is 5.52. The van der Waals surface area contributed by atoms with Gasteiger partial charge in [0.05, 0.1) is 5.69 Å². The molecule has 0 unspecified atom stereocenters. The first kappa shape index (κ1) is 14.5. The third kappa shape index (κ3) is 3.35. The van der Waals surface area contributed by atoms with Crippen LogP contribution in [0.4, 0.5) is 4.39 Å². The molecule has 0 aliphatic heterocycles.